The number of alkyl halides is 3. The number of ether oxygens (including phenoxy) is 1. The Bertz CT molecular complexity index is 618. The zero-order valence-corrected chi connectivity index (χ0v) is 14.2. The molecular formula is C16H22F3N3O3. The predicted octanol–water partition coefficient (Wildman–Crippen LogP) is 1.43. The fraction of sp³-hybridized carbons (Fsp3) is 0.500. The quantitative estimate of drug-likeness (QED) is 0.685. The standard InChI is InChI=1S/C16H22F3N3O3/c1-9(2)14(20)15(24)22-8-13(23)21-7-10-4-5-11(25-3)6-12(10)16(17,18)19/h4-6,9,14H,7-8,20H2,1-3H3,(H,21,23)(H,22,24)/t14-/m0/s1. The van der Waals surface area contributed by atoms with Crippen LogP contribution < -0.4 is 21.1 Å². The summed E-state index contributed by atoms with van der Waals surface area (Å²) >= 11 is 0. The van der Waals surface area contributed by atoms with Crippen LogP contribution in [0.5, 0.6) is 5.75 Å². The fourth-order valence-electron chi connectivity index (χ4n) is 1.94. The Morgan fingerprint density at radius 3 is 2.40 bits per heavy atom. The number of hydrogen-bond acceptors (Lipinski definition) is 4. The number of nitrogens with one attached hydrogen (secondary N) is 2. The van der Waals surface area contributed by atoms with E-state index in [-0.39, 0.29) is 30.3 Å². The highest BCUT2D eigenvalue weighted by Crippen LogP contribution is 2.34. The van der Waals surface area contributed by atoms with E-state index < -0.39 is 29.6 Å². The van der Waals surface area contributed by atoms with Gasteiger partial charge in [-0.05, 0) is 23.6 Å². The molecule has 6 nitrogen and oxygen atoms in total. The SMILES string of the molecule is COc1ccc(CNC(=O)CNC(=O)[C@@H](N)C(C)C)c(C(F)(F)F)c1. The van der Waals surface area contributed by atoms with Crippen LogP contribution in [0.2, 0.25) is 0 Å². The zero-order valence-electron chi connectivity index (χ0n) is 14.2. The number of hydrogen-bond donors (Lipinski definition) is 3. The van der Waals surface area contributed by atoms with Crippen molar-refractivity contribution in [2.75, 3.05) is 13.7 Å². The average molecular weight is 361 g/mol. The molecule has 140 valence electrons. The second kappa shape index (κ2) is 8.70. The molecular weight excluding hydrogens is 339 g/mol. The summed E-state index contributed by atoms with van der Waals surface area (Å²) in [4.78, 5) is 23.4. The first-order valence-corrected chi connectivity index (χ1v) is 7.60. The average Bonchev–Trinajstić information content (AvgIpc) is 2.55. The second-order valence-corrected chi connectivity index (χ2v) is 5.79. The molecule has 0 aliphatic rings. The lowest BCUT2D eigenvalue weighted by molar-refractivity contribution is -0.138. The third-order valence-corrected chi connectivity index (χ3v) is 3.54. The van der Waals surface area contributed by atoms with Crippen LogP contribution in [0.25, 0.3) is 0 Å². The minimum Gasteiger partial charge on any atom is -0.497 e. The molecule has 1 rings (SSSR count). The summed E-state index contributed by atoms with van der Waals surface area (Å²) in [6, 6.07) is 2.71. The van der Waals surface area contributed by atoms with E-state index in [1.54, 1.807) is 13.8 Å². The van der Waals surface area contributed by atoms with E-state index in [9.17, 15) is 22.8 Å². The lowest BCUT2D eigenvalue weighted by Gasteiger charge is -2.16. The summed E-state index contributed by atoms with van der Waals surface area (Å²) in [5.74, 6) is -1.15. The number of carbonyl (C=O) groups is 2. The van der Waals surface area contributed by atoms with Crippen molar-refractivity contribution >= 4 is 11.8 Å². The maximum absolute atomic E-state index is 13.1. The Hall–Kier alpha value is -2.29. The molecule has 0 fully saturated rings. The maximum Gasteiger partial charge on any atom is 0.416 e. The van der Waals surface area contributed by atoms with Gasteiger partial charge in [-0.25, -0.2) is 0 Å². The maximum atomic E-state index is 13.1. The van der Waals surface area contributed by atoms with E-state index in [1.165, 1.54) is 19.2 Å². The van der Waals surface area contributed by atoms with Gasteiger partial charge in [-0.15, -0.1) is 0 Å². The molecule has 2 amide bonds. The van der Waals surface area contributed by atoms with E-state index in [1.807, 2.05) is 0 Å². The molecule has 0 radical (unpaired) electrons. The van der Waals surface area contributed by atoms with Crippen molar-refractivity contribution in [3.63, 3.8) is 0 Å². The molecule has 0 heterocycles. The molecule has 0 spiro atoms. The van der Waals surface area contributed by atoms with Gasteiger partial charge in [-0.1, -0.05) is 19.9 Å². The molecule has 1 aromatic carbocycles. The lowest BCUT2D eigenvalue weighted by Crippen LogP contribution is -2.47. The summed E-state index contributed by atoms with van der Waals surface area (Å²) in [6.45, 7) is 2.82. The molecule has 0 aromatic heterocycles. The highest BCUT2D eigenvalue weighted by Gasteiger charge is 2.33. The Morgan fingerprint density at radius 2 is 1.88 bits per heavy atom. The number of rotatable bonds is 7. The van der Waals surface area contributed by atoms with Gasteiger partial charge in [0, 0.05) is 6.54 Å². The number of halogens is 3. The number of benzene rings is 1. The highest BCUT2D eigenvalue weighted by atomic mass is 19.4. The topological polar surface area (TPSA) is 93.5 Å². The van der Waals surface area contributed by atoms with Gasteiger partial charge in [0.2, 0.25) is 11.8 Å². The van der Waals surface area contributed by atoms with E-state index in [0.29, 0.717) is 0 Å². The molecule has 1 atom stereocenters. The van der Waals surface area contributed by atoms with E-state index >= 15 is 0 Å². The van der Waals surface area contributed by atoms with Crippen LogP contribution in [0.4, 0.5) is 13.2 Å². The predicted molar refractivity (Wildman–Crippen MR) is 85.7 cm³/mol. The third-order valence-electron chi connectivity index (χ3n) is 3.54. The van der Waals surface area contributed by atoms with Crippen LogP contribution in [-0.2, 0) is 22.3 Å². The number of methoxy groups -OCH3 is 1. The number of carbonyl (C=O) groups excluding carboxylic acids is 2. The van der Waals surface area contributed by atoms with Crippen LogP contribution in [0.3, 0.4) is 0 Å². The van der Waals surface area contributed by atoms with Crippen molar-refractivity contribution in [2.24, 2.45) is 11.7 Å². The van der Waals surface area contributed by atoms with Crippen molar-refractivity contribution in [3.8, 4) is 5.75 Å². The number of amides is 2. The Labute approximate surface area is 143 Å². The molecule has 25 heavy (non-hydrogen) atoms. The van der Waals surface area contributed by atoms with Gasteiger partial charge in [0.15, 0.2) is 0 Å². The van der Waals surface area contributed by atoms with Crippen LogP contribution in [-0.4, -0.2) is 31.5 Å². The highest BCUT2D eigenvalue weighted by molar-refractivity contribution is 5.87. The second-order valence-electron chi connectivity index (χ2n) is 5.79. The molecule has 0 saturated carbocycles. The zero-order chi connectivity index (χ0) is 19.2. The lowest BCUT2D eigenvalue weighted by atomic mass is 10.1. The summed E-state index contributed by atoms with van der Waals surface area (Å²) in [5.41, 5.74) is 4.63. The molecule has 0 saturated heterocycles. The summed E-state index contributed by atoms with van der Waals surface area (Å²) < 4.78 is 44.0. The smallest absolute Gasteiger partial charge is 0.416 e. The van der Waals surface area contributed by atoms with Crippen molar-refractivity contribution in [1.29, 1.82) is 0 Å². The Kier molecular flexibility index (Phi) is 7.22. The van der Waals surface area contributed by atoms with Gasteiger partial charge in [-0.2, -0.15) is 13.2 Å². The van der Waals surface area contributed by atoms with Crippen LogP contribution in [0.15, 0.2) is 18.2 Å². The fourth-order valence-corrected chi connectivity index (χ4v) is 1.94. The third kappa shape index (κ3) is 6.26. The summed E-state index contributed by atoms with van der Waals surface area (Å²) in [7, 11) is 1.27. The van der Waals surface area contributed by atoms with Crippen LogP contribution >= 0.6 is 0 Å². The monoisotopic (exact) mass is 361 g/mol. The van der Waals surface area contributed by atoms with E-state index in [4.69, 9.17) is 10.5 Å². The van der Waals surface area contributed by atoms with Crippen LogP contribution in [0, 0.1) is 5.92 Å². The molecule has 0 bridgehead atoms. The first-order chi connectivity index (χ1) is 11.6. The largest absolute Gasteiger partial charge is 0.497 e. The minimum atomic E-state index is -4.58. The molecule has 0 unspecified atom stereocenters. The van der Waals surface area contributed by atoms with Gasteiger partial charge in [0.25, 0.3) is 0 Å². The van der Waals surface area contributed by atoms with Crippen molar-refractivity contribution < 1.29 is 27.5 Å². The first-order valence-electron chi connectivity index (χ1n) is 7.60. The first kappa shape index (κ1) is 20.8. The summed E-state index contributed by atoms with van der Waals surface area (Å²) in [5, 5.41) is 4.68. The molecule has 1 aromatic rings. The van der Waals surface area contributed by atoms with Crippen LogP contribution in [0.1, 0.15) is 25.0 Å². The normalized spacial score (nSPS) is 12.6. The molecule has 0 aliphatic heterocycles. The Balaban J connectivity index is 2.66. The van der Waals surface area contributed by atoms with E-state index in [0.717, 1.165) is 6.07 Å². The van der Waals surface area contributed by atoms with Crippen molar-refractivity contribution in [1.82, 2.24) is 10.6 Å². The van der Waals surface area contributed by atoms with Crippen molar-refractivity contribution in [2.45, 2.75) is 32.6 Å². The molecule has 4 N–H and O–H groups in total. The van der Waals surface area contributed by atoms with Gasteiger partial charge < -0.3 is 21.1 Å². The van der Waals surface area contributed by atoms with Gasteiger partial charge >= 0.3 is 6.18 Å². The summed E-state index contributed by atoms with van der Waals surface area (Å²) in [6.07, 6.45) is -4.58. The number of nitrogens with two attached hydrogens (primary N) is 1. The minimum absolute atomic E-state index is 0.0670. The Morgan fingerprint density at radius 1 is 1.24 bits per heavy atom. The van der Waals surface area contributed by atoms with Gasteiger partial charge in [0.1, 0.15) is 5.75 Å². The van der Waals surface area contributed by atoms with E-state index in [2.05, 4.69) is 10.6 Å². The van der Waals surface area contributed by atoms with Gasteiger partial charge in [-0.3, -0.25) is 9.59 Å². The van der Waals surface area contributed by atoms with Gasteiger partial charge in [0.05, 0.1) is 25.3 Å². The van der Waals surface area contributed by atoms with Crippen molar-refractivity contribution in [3.05, 3.63) is 29.3 Å². The molecule has 0 aliphatic carbocycles. The molecule has 9 heteroatoms.